The number of carboxylic acid groups (broad SMARTS) is 1. The second-order valence-corrected chi connectivity index (χ2v) is 11.8. The van der Waals surface area contributed by atoms with Crippen LogP contribution in [-0.2, 0) is 4.79 Å². The van der Waals surface area contributed by atoms with Crippen molar-refractivity contribution in [3.05, 3.63) is 12.2 Å². The van der Waals surface area contributed by atoms with E-state index in [9.17, 15) is 4.79 Å². The van der Waals surface area contributed by atoms with Gasteiger partial charge in [-0.3, -0.25) is 4.79 Å². The van der Waals surface area contributed by atoms with Crippen LogP contribution < -0.4 is 0 Å². The number of carbonyl (C=O) groups is 1. The number of hydrogen-bond donors (Lipinski definition) is 1. The van der Waals surface area contributed by atoms with Crippen LogP contribution in [0.25, 0.3) is 0 Å². The predicted octanol–water partition coefficient (Wildman–Crippen LogP) is 11.7. The maximum Gasteiger partial charge on any atom is 0.303 e. The molecular formula is C35H71NO2. The van der Waals surface area contributed by atoms with E-state index in [0.29, 0.717) is 6.42 Å². The van der Waals surface area contributed by atoms with Gasteiger partial charge in [-0.2, -0.15) is 0 Å². The molecule has 0 saturated carbocycles. The Labute approximate surface area is 240 Å². The van der Waals surface area contributed by atoms with Crippen LogP contribution in [0.15, 0.2) is 12.2 Å². The molecule has 0 saturated heterocycles. The average Bonchev–Trinajstić information content (AvgIpc) is 2.89. The average molecular weight is 538 g/mol. The highest BCUT2D eigenvalue weighted by Gasteiger charge is 1.96. The number of hydrogen-bond acceptors (Lipinski definition) is 2. The topological polar surface area (TPSA) is 40.5 Å². The van der Waals surface area contributed by atoms with E-state index in [1.54, 1.807) is 0 Å². The van der Waals surface area contributed by atoms with Crippen molar-refractivity contribution < 1.29 is 9.90 Å². The van der Waals surface area contributed by atoms with Crippen molar-refractivity contribution in [3.8, 4) is 0 Å². The van der Waals surface area contributed by atoms with Gasteiger partial charge in [0, 0.05) is 6.42 Å². The molecule has 0 bridgehead atoms. The van der Waals surface area contributed by atoms with Gasteiger partial charge >= 0.3 is 5.97 Å². The van der Waals surface area contributed by atoms with Crippen LogP contribution in [-0.4, -0.2) is 36.6 Å². The summed E-state index contributed by atoms with van der Waals surface area (Å²) in [6.45, 7) is 5.81. The molecule has 1 N–H and O–H groups in total. The van der Waals surface area contributed by atoms with Gasteiger partial charge in [-0.15, -0.1) is 0 Å². The number of nitrogens with zero attached hydrogens (tertiary/aromatic N) is 1. The fourth-order valence-corrected chi connectivity index (χ4v) is 4.79. The Balaban J connectivity index is 0. The van der Waals surface area contributed by atoms with Gasteiger partial charge in [0.1, 0.15) is 0 Å². The number of aliphatic carboxylic acids is 1. The van der Waals surface area contributed by atoms with Crippen LogP contribution in [0, 0.1) is 0 Å². The molecule has 0 aromatic heterocycles. The second-order valence-electron chi connectivity index (χ2n) is 11.8. The Bertz CT molecular complexity index is 461. The summed E-state index contributed by atoms with van der Waals surface area (Å²) in [4.78, 5) is 12.6. The molecule has 0 aromatic rings. The van der Waals surface area contributed by atoms with E-state index in [1.807, 2.05) is 0 Å². The monoisotopic (exact) mass is 538 g/mol. The normalized spacial score (nSPS) is 11.3. The Morgan fingerprint density at radius 3 is 1.16 bits per heavy atom. The Kier molecular flexibility index (Phi) is 37.4. The van der Waals surface area contributed by atoms with Gasteiger partial charge < -0.3 is 10.0 Å². The van der Waals surface area contributed by atoms with Crippen molar-refractivity contribution in [3.63, 3.8) is 0 Å². The first kappa shape index (κ1) is 39.3. The summed E-state index contributed by atoms with van der Waals surface area (Å²) in [6.07, 6.45) is 40.1. The minimum Gasteiger partial charge on any atom is -0.481 e. The third-order valence-corrected chi connectivity index (χ3v) is 7.36. The van der Waals surface area contributed by atoms with Gasteiger partial charge in [0.15, 0.2) is 0 Å². The molecule has 0 aliphatic rings. The fourth-order valence-electron chi connectivity index (χ4n) is 4.79. The van der Waals surface area contributed by atoms with E-state index in [0.717, 1.165) is 12.8 Å². The molecule has 0 amide bonds. The highest BCUT2D eigenvalue weighted by Crippen LogP contribution is 2.13. The first-order chi connectivity index (χ1) is 18.5. The molecule has 0 aliphatic heterocycles. The zero-order valence-electron chi connectivity index (χ0n) is 26.8. The predicted molar refractivity (Wildman–Crippen MR) is 171 cm³/mol. The van der Waals surface area contributed by atoms with Crippen LogP contribution in [0.3, 0.4) is 0 Å². The Morgan fingerprint density at radius 1 is 0.500 bits per heavy atom. The highest BCUT2D eigenvalue weighted by atomic mass is 16.4. The lowest BCUT2D eigenvalue weighted by Gasteiger charge is -2.08. The molecule has 0 atom stereocenters. The quantitative estimate of drug-likeness (QED) is 0.0761. The summed E-state index contributed by atoms with van der Waals surface area (Å²) >= 11 is 0. The molecule has 0 unspecified atom stereocenters. The van der Waals surface area contributed by atoms with Crippen molar-refractivity contribution in [2.75, 3.05) is 20.6 Å². The van der Waals surface area contributed by atoms with Gasteiger partial charge in [0.2, 0.25) is 0 Å². The van der Waals surface area contributed by atoms with E-state index in [2.05, 4.69) is 45.0 Å². The number of rotatable bonds is 29. The van der Waals surface area contributed by atoms with E-state index in [-0.39, 0.29) is 0 Å². The molecular weight excluding hydrogens is 466 g/mol. The van der Waals surface area contributed by atoms with Gasteiger partial charge in [-0.25, -0.2) is 0 Å². The maximum atomic E-state index is 10.3. The maximum absolute atomic E-state index is 10.3. The Morgan fingerprint density at radius 2 is 0.816 bits per heavy atom. The van der Waals surface area contributed by atoms with Crippen LogP contribution in [0.1, 0.15) is 187 Å². The summed E-state index contributed by atoms with van der Waals surface area (Å²) in [5, 5.41) is 8.51. The summed E-state index contributed by atoms with van der Waals surface area (Å²) in [5.41, 5.74) is 0. The van der Waals surface area contributed by atoms with E-state index < -0.39 is 5.97 Å². The third-order valence-electron chi connectivity index (χ3n) is 7.36. The van der Waals surface area contributed by atoms with Gasteiger partial charge in [0.05, 0.1) is 0 Å². The van der Waals surface area contributed by atoms with Gasteiger partial charge in [-0.1, -0.05) is 154 Å². The van der Waals surface area contributed by atoms with Crippen molar-refractivity contribution in [2.24, 2.45) is 0 Å². The molecule has 0 rings (SSSR count). The van der Waals surface area contributed by atoms with E-state index in [1.165, 1.54) is 161 Å². The minimum absolute atomic E-state index is 0.332. The SMILES string of the molecule is CCCCCCCC/C=C\CCCCCCCC(=O)O.CCCCCCCCCCCCCCCN(C)C. The molecule has 228 valence electrons. The third kappa shape index (κ3) is 42.3. The van der Waals surface area contributed by atoms with E-state index in [4.69, 9.17) is 5.11 Å². The molecule has 0 spiro atoms. The zero-order chi connectivity index (χ0) is 28.4. The summed E-state index contributed by atoms with van der Waals surface area (Å²) in [6, 6.07) is 0. The van der Waals surface area contributed by atoms with Crippen LogP contribution in [0.5, 0.6) is 0 Å². The molecule has 38 heavy (non-hydrogen) atoms. The van der Waals surface area contributed by atoms with Crippen molar-refractivity contribution in [1.29, 1.82) is 0 Å². The second kappa shape index (κ2) is 36.2. The van der Waals surface area contributed by atoms with Gasteiger partial charge in [-0.05, 0) is 59.2 Å². The largest absolute Gasteiger partial charge is 0.481 e. The van der Waals surface area contributed by atoms with Crippen molar-refractivity contribution in [1.82, 2.24) is 4.90 Å². The zero-order valence-corrected chi connectivity index (χ0v) is 26.8. The fraction of sp³-hybridized carbons (Fsp3) is 0.914. The lowest BCUT2D eigenvalue weighted by atomic mass is 10.0. The molecule has 0 fully saturated rings. The molecule has 0 aliphatic carbocycles. The van der Waals surface area contributed by atoms with Crippen LogP contribution >= 0.6 is 0 Å². The van der Waals surface area contributed by atoms with Crippen molar-refractivity contribution >= 4 is 5.97 Å². The Hall–Kier alpha value is -0.830. The summed E-state index contributed by atoms with van der Waals surface area (Å²) in [5.74, 6) is -0.664. The molecule has 3 heteroatoms. The molecule has 0 radical (unpaired) electrons. The van der Waals surface area contributed by atoms with Crippen LogP contribution in [0.4, 0.5) is 0 Å². The van der Waals surface area contributed by atoms with Crippen molar-refractivity contribution in [2.45, 2.75) is 187 Å². The lowest BCUT2D eigenvalue weighted by Crippen LogP contribution is -2.12. The highest BCUT2D eigenvalue weighted by molar-refractivity contribution is 5.66. The van der Waals surface area contributed by atoms with E-state index >= 15 is 0 Å². The smallest absolute Gasteiger partial charge is 0.303 e. The number of allylic oxidation sites excluding steroid dienone is 2. The van der Waals surface area contributed by atoms with Crippen LogP contribution in [0.2, 0.25) is 0 Å². The van der Waals surface area contributed by atoms with Gasteiger partial charge in [0.25, 0.3) is 0 Å². The first-order valence-electron chi connectivity index (χ1n) is 17.1. The standard InChI is InChI=1S/C18H34O2.C17H37N/c1-2-3-4-5-6-7-8-9-10-11-12-13-14-15-16-17-18(19)20;1-4-5-6-7-8-9-10-11-12-13-14-15-16-17-18(2)3/h9-10H,2-8,11-17H2,1H3,(H,19,20);4-17H2,1-3H3/b10-9-;. The molecule has 3 nitrogen and oxygen atoms in total. The minimum atomic E-state index is -0.664. The molecule has 0 heterocycles. The summed E-state index contributed by atoms with van der Waals surface area (Å²) < 4.78 is 0. The number of unbranched alkanes of at least 4 members (excludes halogenated alkanes) is 23. The summed E-state index contributed by atoms with van der Waals surface area (Å²) in [7, 11) is 4.33. The number of carboxylic acids is 1. The molecule has 0 aromatic carbocycles. The lowest BCUT2D eigenvalue weighted by molar-refractivity contribution is -0.137. The first-order valence-corrected chi connectivity index (χ1v) is 17.1.